The van der Waals surface area contributed by atoms with Crippen molar-refractivity contribution in [3.63, 3.8) is 0 Å². The molecule has 0 amide bonds. The SMILES string of the molecule is c1ccc(SCC2CCC3(N2)c2ccccc2CCc2ccccc23)cc1. The highest BCUT2D eigenvalue weighted by molar-refractivity contribution is 7.99. The van der Waals surface area contributed by atoms with Crippen LogP contribution >= 0.6 is 11.8 Å². The molecule has 1 nitrogen and oxygen atoms in total. The predicted molar refractivity (Wildman–Crippen MR) is 114 cm³/mol. The van der Waals surface area contributed by atoms with E-state index in [4.69, 9.17) is 0 Å². The Kier molecular flexibility index (Phi) is 4.55. The first-order chi connectivity index (χ1) is 13.4. The molecule has 1 aliphatic carbocycles. The molecule has 0 bridgehead atoms. The van der Waals surface area contributed by atoms with Crippen molar-refractivity contribution in [3.8, 4) is 0 Å². The standard InChI is InChI=1S/C25H25NS/c1-2-10-22(11-3-1)27-18-21-16-17-25(26-21)23-12-6-4-8-19(23)14-15-20-9-5-7-13-24(20)25/h1-13,21,26H,14-18H2. The minimum absolute atomic E-state index is 0.0222. The zero-order valence-electron chi connectivity index (χ0n) is 15.5. The van der Waals surface area contributed by atoms with Crippen molar-refractivity contribution in [3.05, 3.63) is 101 Å². The third-order valence-electron chi connectivity index (χ3n) is 6.13. The first-order valence-corrected chi connectivity index (χ1v) is 11.0. The van der Waals surface area contributed by atoms with Crippen molar-refractivity contribution in [2.24, 2.45) is 0 Å². The van der Waals surface area contributed by atoms with Gasteiger partial charge in [0.15, 0.2) is 0 Å². The maximum absolute atomic E-state index is 4.11. The second kappa shape index (κ2) is 7.18. The van der Waals surface area contributed by atoms with Crippen LogP contribution in [0.5, 0.6) is 0 Å². The van der Waals surface area contributed by atoms with E-state index in [-0.39, 0.29) is 5.54 Å². The Morgan fingerprint density at radius 2 is 1.37 bits per heavy atom. The zero-order chi connectivity index (χ0) is 18.1. The zero-order valence-corrected chi connectivity index (χ0v) is 16.3. The van der Waals surface area contributed by atoms with Crippen LogP contribution in [-0.2, 0) is 18.4 Å². The number of benzene rings is 3. The third-order valence-corrected chi connectivity index (χ3v) is 7.31. The van der Waals surface area contributed by atoms with Gasteiger partial charge in [0.25, 0.3) is 0 Å². The molecule has 1 atom stereocenters. The lowest BCUT2D eigenvalue weighted by atomic mass is 9.79. The fraction of sp³-hybridized carbons (Fsp3) is 0.280. The molecule has 3 aromatic carbocycles. The molecule has 0 saturated carbocycles. The summed E-state index contributed by atoms with van der Waals surface area (Å²) in [4.78, 5) is 1.36. The number of rotatable bonds is 3. The van der Waals surface area contributed by atoms with Crippen LogP contribution in [0.15, 0.2) is 83.8 Å². The average Bonchev–Trinajstić information content (AvgIpc) is 3.11. The van der Waals surface area contributed by atoms with E-state index in [0.717, 1.165) is 18.6 Å². The van der Waals surface area contributed by atoms with Gasteiger partial charge in [-0.25, -0.2) is 0 Å². The van der Waals surface area contributed by atoms with Gasteiger partial charge in [0.05, 0.1) is 5.54 Å². The minimum Gasteiger partial charge on any atom is -0.300 e. The number of aryl methyl sites for hydroxylation is 2. The van der Waals surface area contributed by atoms with Crippen molar-refractivity contribution >= 4 is 11.8 Å². The van der Waals surface area contributed by atoms with Crippen molar-refractivity contribution in [1.29, 1.82) is 0 Å². The van der Waals surface area contributed by atoms with Gasteiger partial charge in [-0.2, -0.15) is 0 Å². The van der Waals surface area contributed by atoms with Gasteiger partial charge in [0.1, 0.15) is 0 Å². The lowest BCUT2D eigenvalue weighted by Crippen LogP contribution is -2.43. The number of fused-ring (bicyclic) bond motifs is 4. The molecule has 1 saturated heterocycles. The van der Waals surface area contributed by atoms with E-state index in [1.807, 2.05) is 11.8 Å². The molecule has 3 aromatic rings. The second-order valence-electron chi connectivity index (χ2n) is 7.72. The average molecular weight is 372 g/mol. The van der Waals surface area contributed by atoms with E-state index in [1.54, 1.807) is 0 Å². The van der Waals surface area contributed by atoms with Gasteiger partial charge >= 0.3 is 0 Å². The molecule has 2 aliphatic rings. The van der Waals surface area contributed by atoms with E-state index in [2.05, 4.69) is 84.2 Å². The maximum atomic E-state index is 4.11. The fourth-order valence-electron chi connectivity index (χ4n) is 4.87. The van der Waals surface area contributed by atoms with Gasteiger partial charge in [-0.3, -0.25) is 0 Å². The van der Waals surface area contributed by atoms with Crippen LogP contribution in [0.3, 0.4) is 0 Å². The number of hydrogen-bond acceptors (Lipinski definition) is 2. The molecule has 1 unspecified atom stereocenters. The summed E-state index contributed by atoms with van der Waals surface area (Å²) in [5.74, 6) is 1.12. The maximum Gasteiger partial charge on any atom is 0.0698 e. The minimum atomic E-state index is -0.0222. The van der Waals surface area contributed by atoms with Crippen molar-refractivity contribution < 1.29 is 0 Å². The Bertz CT molecular complexity index is 886. The molecular weight excluding hydrogens is 346 g/mol. The van der Waals surface area contributed by atoms with Gasteiger partial charge in [-0.15, -0.1) is 11.8 Å². The van der Waals surface area contributed by atoms with Crippen molar-refractivity contribution in [1.82, 2.24) is 5.32 Å². The molecule has 1 aliphatic heterocycles. The summed E-state index contributed by atoms with van der Waals surface area (Å²) in [7, 11) is 0. The Hall–Kier alpha value is -2.03. The predicted octanol–water partition coefficient (Wildman–Crippen LogP) is 5.57. The Morgan fingerprint density at radius 1 is 0.778 bits per heavy atom. The summed E-state index contributed by atoms with van der Waals surface area (Å²) in [6.45, 7) is 0. The quantitative estimate of drug-likeness (QED) is 0.604. The molecule has 136 valence electrons. The highest BCUT2D eigenvalue weighted by Crippen LogP contribution is 2.45. The molecule has 0 radical (unpaired) electrons. The van der Waals surface area contributed by atoms with Crippen molar-refractivity contribution in [2.75, 3.05) is 5.75 Å². The topological polar surface area (TPSA) is 12.0 Å². The van der Waals surface area contributed by atoms with E-state index < -0.39 is 0 Å². The number of nitrogens with one attached hydrogen (secondary N) is 1. The van der Waals surface area contributed by atoms with E-state index in [0.29, 0.717) is 6.04 Å². The van der Waals surface area contributed by atoms with Gasteiger partial charge in [0, 0.05) is 16.7 Å². The smallest absolute Gasteiger partial charge is 0.0698 e. The Balaban J connectivity index is 1.48. The van der Waals surface area contributed by atoms with Gasteiger partial charge in [-0.1, -0.05) is 66.7 Å². The largest absolute Gasteiger partial charge is 0.300 e. The first-order valence-electron chi connectivity index (χ1n) is 9.97. The van der Waals surface area contributed by atoms with E-state index in [9.17, 15) is 0 Å². The number of hydrogen-bond donors (Lipinski definition) is 1. The van der Waals surface area contributed by atoms with Crippen LogP contribution in [0.4, 0.5) is 0 Å². The normalized spacial score (nSPS) is 20.1. The van der Waals surface area contributed by atoms with E-state index in [1.165, 1.54) is 40.0 Å². The summed E-state index contributed by atoms with van der Waals surface area (Å²) in [6.07, 6.45) is 4.68. The first kappa shape index (κ1) is 17.1. The summed E-state index contributed by atoms with van der Waals surface area (Å²) >= 11 is 1.97. The van der Waals surface area contributed by atoms with Crippen LogP contribution in [-0.4, -0.2) is 11.8 Å². The van der Waals surface area contributed by atoms with Crippen LogP contribution in [0.2, 0.25) is 0 Å². The lowest BCUT2D eigenvalue weighted by Gasteiger charge is -2.34. The lowest BCUT2D eigenvalue weighted by molar-refractivity contribution is 0.450. The molecule has 1 heterocycles. The fourth-order valence-corrected chi connectivity index (χ4v) is 5.86. The highest BCUT2D eigenvalue weighted by atomic mass is 32.2. The van der Waals surface area contributed by atoms with E-state index >= 15 is 0 Å². The van der Waals surface area contributed by atoms with Crippen LogP contribution in [0.1, 0.15) is 35.1 Å². The highest BCUT2D eigenvalue weighted by Gasteiger charge is 2.44. The summed E-state index contributed by atoms with van der Waals surface area (Å²) in [6, 6.07) is 29.5. The molecule has 0 aromatic heterocycles. The monoisotopic (exact) mass is 371 g/mol. The summed E-state index contributed by atoms with van der Waals surface area (Å²) < 4.78 is 0. The molecule has 2 heteroatoms. The third kappa shape index (κ3) is 3.11. The van der Waals surface area contributed by atoms with Crippen LogP contribution < -0.4 is 5.32 Å². The molecule has 1 spiro atoms. The molecule has 1 N–H and O–H groups in total. The van der Waals surface area contributed by atoms with Crippen molar-refractivity contribution in [2.45, 2.75) is 42.2 Å². The van der Waals surface area contributed by atoms with Crippen LogP contribution in [0, 0.1) is 0 Å². The number of thioether (sulfide) groups is 1. The Labute approximate surface area is 166 Å². The Morgan fingerprint density at radius 3 is 2.04 bits per heavy atom. The van der Waals surface area contributed by atoms with Gasteiger partial charge in [0.2, 0.25) is 0 Å². The molecule has 1 fully saturated rings. The second-order valence-corrected chi connectivity index (χ2v) is 8.82. The molecular formula is C25H25NS. The molecule has 27 heavy (non-hydrogen) atoms. The molecule has 5 rings (SSSR count). The van der Waals surface area contributed by atoms with Gasteiger partial charge in [-0.05, 0) is 60.1 Å². The van der Waals surface area contributed by atoms with Gasteiger partial charge < -0.3 is 5.32 Å². The summed E-state index contributed by atoms with van der Waals surface area (Å²) in [5.41, 5.74) is 6.01. The summed E-state index contributed by atoms with van der Waals surface area (Å²) in [5, 5.41) is 4.11. The van der Waals surface area contributed by atoms with Crippen LogP contribution in [0.25, 0.3) is 0 Å².